The summed E-state index contributed by atoms with van der Waals surface area (Å²) in [7, 11) is 0. The quantitative estimate of drug-likeness (QED) is 0.546. The lowest BCUT2D eigenvalue weighted by Gasteiger charge is -2.07. The first-order chi connectivity index (χ1) is 5.24. The van der Waals surface area contributed by atoms with Crippen molar-refractivity contribution in [3.05, 3.63) is 29.8 Å². The summed E-state index contributed by atoms with van der Waals surface area (Å²) in [5.74, 6) is 0. The highest BCUT2D eigenvalue weighted by atomic mass is 79.9. The number of hydrogen-bond acceptors (Lipinski definition) is 1. The molecule has 58 valence electrons. The van der Waals surface area contributed by atoms with Gasteiger partial charge in [0.25, 0.3) is 0 Å². The molecule has 0 aliphatic heterocycles. The van der Waals surface area contributed by atoms with Crippen LogP contribution in [0.15, 0.2) is 24.3 Å². The molecular weight excluding hydrogens is 206 g/mol. The van der Waals surface area contributed by atoms with Crippen molar-refractivity contribution in [1.82, 2.24) is 0 Å². The summed E-state index contributed by atoms with van der Waals surface area (Å²) in [5.41, 5.74) is 1.98. The number of hydrogen-bond donors (Lipinski definition) is 0. The first-order valence-corrected chi connectivity index (χ1v) is 3.92. The Morgan fingerprint density at radius 2 is 2.27 bits per heavy atom. The largest absolute Gasteiger partial charge is 0.277 e. The third kappa shape index (κ3) is 2.05. The Balaban J connectivity index is 2.95. The van der Waals surface area contributed by atoms with Crippen LogP contribution in [0.3, 0.4) is 0 Å². The number of rotatable bonds is 2. The van der Waals surface area contributed by atoms with Gasteiger partial charge in [0.2, 0.25) is 6.41 Å². The average molecular weight is 214 g/mol. The molecular formula is C8H8BrNO. The van der Waals surface area contributed by atoms with Gasteiger partial charge in [0.1, 0.15) is 0 Å². The Morgan fingerprint density at radius 1 is 1.55 bits per heavy atom. The smallest absolute Gasteiger partial charge is 0.224 e. The molecule has 0 saturated carbocycles. The third-order valence-electron chi connectivity index (χ3n) is 1.34. The molecule has 0 aliphatic rings. The van der Waals surface area contributed by atoms with Crippen LogP contribution in [0.5, 0.6) is 0 Å². The predicted molar refractivity (Wildman–Crippen MR) is 48.6 cm³/mol. The minimum atomic E-state index is 0.717. The standard InChI is InChI=1S/C8H8BrNO/c1-7-3-2-4-8(5-7)10(9)6-11/h2-6H,1H3. The van der Waals surface area contributed by atoms with E-state index in [0.29, 0.717) is 0 Å². The van der Waals surface area contributed by atoms with Crippen LogP contribution >= 0.6 is 16.1 Å². The summed E-state index contributed by atoms with van der Waals surface area (Å²) in [5, 5.41) is 0. The molecule has 1 rings (SSSR count). The maximum atomic E-state index is 10.3. The van der Waals surface area contributed by atoms with Crippen molar-refractivity contribution >= 4 is 28.2 Å². The number of aryl methyl sites for hydroxylation is 1. The molecule has 0 heterocycles. The van der Waals surface area contributed by atoms with E-state index < -0.39 is 0 Å². The summed E-state index contributed by atoms with van der Waals surface area (Å²) in [4.78, 5) is 10.3. The third-order valence-corrected chi connectivity index (χ3v) is 1.92. The Labute approximate surface area is 74.2 Å². The lowest BCUT2D eigenvalue weighted by atomic mass is 10.2. The fourth-order valence-electron chi connectivity index (χ4n) is 0.822. The number of carbonyl (C=O) groups excluding carboxylic acids is 1. The summed E-state index contributed by atoms with van der Waals surface area (Å²) >= 11 is 3.08. The van der Waals surface area contributed by atoms with Crippen molar-refractivity contribution in [3.63, 3.8) is 0 Å². The van der Waals surface area contributed by atoms with Gasteiger partial charge in [-0.2, -0.15) is 0 Å². The predicted octanol–water partition coefficient (Wildman–Crippen LogP) is 2.27. The van der Waals surface area contributed by atoms with E-state index in [4.69, 9.17) is 0 Å². The van der Waals surface area contributed by atoms with Gasteiger partial charge in [-0.1, -0.05) is 12.1 Å². The molecule has 0 bridgehead atoms. The topological polar surface area (TPSA) is 20.3 Å². The molecule has 0 radical (unpaired) electrons. The molecule has 1 amide bonds. The van der Waals surface area contributed by atoms with Gasteiger partial charge < -0.3 is 0 Å². The molecule has 0 spiro atoms. The van der Waals surface area contributed by atoms with Crippen LogP contribution < -0.4 is 3.93 Å². The molecule has 1 aromatic carbocycles. The second-order valence-electron chi connectivity index (χ2n) is 2.26. The van der Waals surface area contributed by atoms with E-state index in [1.165, 1.54) is 3.93 Å². The number of anilines is 1. The van der Waals surface area contributed by atoms with Crippen LogP contribution in [0.2, 0.25) is 0 Å². The molecule has 1 aromatic rings. The molecule has 3 heteroatoms. The van der Waals surface area contributed by atoms with E-state index in [1.54, 1.807) is 0 Å². The number of nitrogens with zero attached hydrogens (tertiary/aromatic N) is 1. The number of benzene rings is 1. The van der Waals surface area contributed by atoms with E-state index in [9.17, 15) is 4.79 Å². The lowest BCUT2D eigenvalue weighted by Crippen LogP contribution is -2.04. The molecule has 0 aromatic heterocycles. The molecule has 0 atom stereocenters. The Hall–Kier alpha value is -0.830. The lowest BCUT2D eigenvalue weighted by molar-refractivity contribution is -0.106. The Morgan fingerprint density at radius 3 is 2.82 bits per heavy atom. The van der Waals surface area contributed by atoms with E-state index in [1.807, 2.05) is 31.2 Å². The van der Waals surface area contributed by atoms with Crippen molar-refractivity contribution < 1.29 is 4.79 Å². The normalized spacial score (nSPS) is 9.27. The summed E-state index contributed by atoms with van der Waals surface area (Å²) < 4.78 is 1.36. The van der Waals surface area contributed by atoms with Crippen molar-refractivity contribution in [3.8, 4) is 0 Å². The zero-order valence-corrected chi connectivity index (χ0v) is 7.71. The summed E-state index contributed by atoms with van der Waals surface area (Å²) in [6.07, 6.45) is 0.717. The minimum absolute atomic E-state index is 0.717. The van der Waals surface area contributed by atoms with Gasteiger partial charge in [-0.25, -0.2) is 3.93 Å². The highest BCUT2D eigenvalue weighted by Gasteiger charge is 1.98. The monoisotopic (exact) mass is 213 g/mol. The highest BCUT2D eigenvalue weighted by Crippen LogP contribution is 2.16. The highest BCUT2D eigenvalue weighted by molar-refractivity contribution is 9.10. The van der Waals surface area contributed by atoms with Crippen molar-refractivity contribution in [2.45, 2.75) is 6.92 Å². The van der Waals surface area contributed by atoms with Crippen molar-refractivity contribution in [1.29, 1.82) is 0 Å². The Kier molecular flexibility index (Phi) is 2.65. The van der Waals surface area contributed by atoms with Crippen LogP contribution in [0.1, 0.15) is 5.56 Å². The SMILES string of the molecule is Cc1cccc(N(Br)C=O)c1. The van der Waals surface area contributed by atoms with Crippen LogP contribution in [-0.2, 0) is 4.79 Å². The zero-order chi connectivity index (χ0) is 8.27. The van der Waals surface area contributed by atoms with Gasteiger partial charge in [0.05, 0.1) is 21.8 Å². The van der Waals surface area contributed by atoms with Gasteiger partial charge in [-0.05, 0) is 24.6 Å². The Bertz CT molecular complexity index is 262. The zero-order valence-electron chi connectivity index (χ0n) is 6.12. The molecule has 0 unspecified atom stereocenters. The first kappa shape index (κ1) is 8.27. The summed E-state index contributed by atoms with van der Waals surface area (Å²) in [6.45, 7) is 1.98. The van der Waals surface area contributed by atoms with Crippen LogP contribution in [0, 0.1) is 6.92 Å². The fraction of sp³-hybridized carbons (Fsp3) is 0.125. The van der Waals surface area contributed by atoms with Gasteiger partial charge in [0.15, 0.2) is 0 Å². The summed E-state index contributed by atoms with van der Waals surface area (Å²) in [6, 6.07) is 7.66. The first-order valence-electron chi connectivity index (χ1n) is 3.21. The van der Waals surface area contributed by atoms with Crippen LogP contribution in [-0.4, -0.2) is 6.41 Å². The van der Waals surface area contributed by atoms with E-state index in [0.717, 1.165) is 17.7 Å². The molecule has 0 aliphatic carbocycles. The second kappa shape index (κ2) is 3.53. The van der Waals surface area contributed by atoms with Gasteiger partial charge in [-0.15, -0.1) is 0 Å². The van der Waals surface area contributed by atoms with Gasteiger partial charge in [-0.3, -0.25) is 4.79 Å². The number of halogens is 1. The number of carbonyl (C=O) groups is 1. The van der Waals surface area contributed by atoms with Gasteiger partial charge >= 0.3 is 0 Å². The van der Waals surface area contributed by atoms with Gasteiger partial charge in [0, 0.05) is 0 Å². The molecule has 0 saturated heterocycles. The van der Waals surface area contributed by atoms with Crippen molar-refractivity contribution in [2.24, 2.45) is 0 Å². The van der Waals surface area contributed by atoms with E-state index >= 15 is 0 Å². The van der Waals surface area contributed by atoms with Crippen LogP contribution in [0.4, 0.5) is 5.69 Å². The molecule has 0 fully saturated rings. The maximum absolute atomic E-state index is 10.3. The molecule has 2 nitrogen and oxygen atoms in total. The molecule has 0 N–H and O–H groups in total. The fourth-order valence-corrected chi connectivity index (χ4v) is 1.04. The van der Waals surface area contributed by atoms with Crippen molar-refractivity contribution in [2.75, 3.05) is 3.93 Å². The minimum Gasteiger partial charge on any atom is -0.277 e. The van der Waals surface area contributed by atoms with E-state index in [2.05, 4.69) is 16.1 Å². The van der Waals surface area contributed by atoms with Crippen LogP contribution in [0.25, 0.3) is 0 Å². The maximum Gasteiger partial charge on any atom is 0.224 e. The second-order valence-corrected chi connectivity index (χ2v) is 3.02. The average Bonchev–Trinajstić information content (AvgIpc) is 2.03. The number of amides is 1. The van der Waals surface area contributed by atoms with E-state index in [-0.39, 0.29) is 0 Å². The molecule has 11 heavy (non-hydrogen) atoms.